The van der Waals surface area contributed by atoms with Gasteiger partial charge in [0.1, 0.15) is 29.8 Å². The zero-order valence-corrected chi connectivity index (χ0v) is 20.9. The molecular weight excluding hydrogens is 507 g/mol. The molecule has 0 radical (unpaired) electrons. The molecule has 0 saturated heterocycles. The van der Waals surface area contributed by atoms with Gasteiger partial charge in [0.2, 0.25) is 0 Å². The quantitative estimate of drug-likeness (QED) is 0.208. The fourth-order valence-electron chi connectivity index (χ4n) is 3.51. The van der Waals surface area contributed by atoms with Crippen LogP contribution in [-0.2, 0) is 19.4 Å². The summed E-state index contributed by atoms with van der Waals surface area (Å²) in [7, 11) is 1.66. The lowest BCUT2D eigenvalue weighted by atomic mass is 10.2. The maximum absolute atomic E-state index is 5.75. The Labute approximate surface area is 202 Å². The molecule has 2 N–H and O–H groups in total. The Balaban J connectivity index is 0.00000341. The molecule has 8 nitrogen and oxygen atoms in total. The predicted molar refractivity (Wildman–Crippen MR) is 134 cm³/mol. The molecule has 2 heterocycles. The molecule has 0 amide bonds. The average molecular weight is 542 g/mol. The number of halogens is 1. The summed E-state index contributed by atoms with van der Waals surface area (Å²) in [6.45, 7) is 5.92. The second kappa shape index (κ2) is 14.1. The van der Waals surface area contributed by atoms with E-state index >= 15 is 0 Å². The molecule has 1 aromatic heterocycles. The first kappa shape index (κ1) is 25.2. The number of methoxy groups -OCH3 is 1. The fourth-order valence-corrected chi connectivity index (χ4v) is 3.51. The number of aryl methyl sites for hydroxylation is 2. The third-order valence-electron chi connectivity index (χ3n) is 5.08. The smallest absolute Gasteiger partial charge is 0.191 e. The van der Waals surface area contributed by atoms with Crippen molar-refractivity contribution in [1.29, 1.82) is 0 Å². The van der Waals surface area contributed by atoms with Gasteiger partial charge in [-0.15, -0.1) is 34.2 Å². The molecule has 9 heteroatoms. The van der Waals surface area contributed by atoms with Crippen molar-refractivity contribution in [3.8, 4) is 11.5 Å². The van der Waals surface area contributed by atoms with Crippen molar-refractivity contribution in [2.24, 2.45) is 4.99 Å². The van der Waals surface area contributed by atoms with Crippen LogP contribution < -0.4 is 20.1 Å². The minimum Gasteiger partial charge on any atom is -0.497 e. The van der Waals surface area contributed by atoms with Crippen LogP contribution in [-0.4, -0.2) is 54.1 Å². The van der Waals surface area contributed by atoms with E-state index in [0.29, 0.717) is 13.2 Å². The summed E-state index contributed by atoms with van der Waals surface area (Å²) in [5.74, 6) is 4.72. The van der Waals surface area contributed by atoms with Crippen molar-refractivity contribution >= 4 is 29.9 Å². The van der Waals surface area contributed by atoms with Crippen molar-refractivity contribution < 1.29 is 9.47 Å². The van der Waals surface area contributed by atoms with E-state index in [1.807, 2.05) is 24.3 Å². The van der Waals surface area contributed by atoms with Crippen LogP contribution >= 0.6 is 24.0 Å². The first-order valence-corrected chi connectivity index (χ1v) is 11.0. The highest BCUT2D eigenvalue weighted by Gasteiger charge is 2.14. The number of hydrogen-bond acceptors (Lipinski definition) is 5. The van der Waals surface area contributed by atoms with Gasteiger partial charge in [0.15, 0.2) is 5.96 Å². The van der Waals surface area contributed by atoms with Gasteiger partial charge in [-0.2, -0.15) is 0 Å². The molecule has 0 aliphatic carbocycles. The zero-order chi connectivity index (χ0) is 21.0. The molecule has 0 spiro atoms. The highest BCUT2D eigenvalue weighted by atomic mass is 127. The summed E-state index contributed by atoms with van der Waals surface area (Å²) in [4.78, 5) is 4.68. The van der Waals surface area contributed by atoms with Gasteiger partial charge in [0.05, 0.1) is 13.7 Å². The molecule has 1 aliphatic heterocycles. The molecule has 31 heavy (non-hydrogen) atoms. The number of nitrogens with zero attached hydrogens (tertiary/aromatic N) is 4. The van der Waals surface area contributed by atoms with Crippen LogP contribution in [0.3, 0.4) is 0 Å². The number of hydrogen-bond donors (Lipinski definition) is 2. The summed E-state index contributed by atoms with van der Waals surface area (Å²) < 4.78 is 13.2. The second-order valence-electron chi connectivity index (χ2n) is 7.31. The first-order valence-electron chi connectivity index (χ1n) is 11.0. The Morgan fingerprint density at radius 1 is 1.10 bits per heavy atom. The van der Waals surface area contributed by atoms with E-state index in [9.17, 15) is 0 Å². The van der Waals surface area contributed by atoms with Crippen molar-refractivity contribution in [3.63, 3.8) is 0 Å². The topological polar surface area (TPSA) is 85.6 Å². The maximum atomic E-state index is 5.75. The molecule has 0 bridgehead atoms. The van der Waals surface area contributed by atoms with Crippen LogP contribution in [0.25, 0.3) is 0 Å². The number of benzene rings is 1. The summed E-state index contributed by atoms with van der Waals surface area (Å²) in [5.41, 5.74) is 0. The van der Waals surface area contributed by atoms with E-state index in [2.05, 4.69) is 37.3 Å². The normalized spacial score (nSPS) is 13.5. The van der Waals surface area contributed by atoms with E-state index < -0.39 is 0 Å². The molecule has 0 atom stereocenters. The van der Waals surface area contributed by atoms with Gasteiger partial charge in [0, 0.05) is 32.5 Å². The molecule has 3 rings (SSSR count). The van der Waals surface area contributed by atoms with Crippen molar-refractivity contribution in [2.45, 2.75) is 52.0 Å². The number of aromatic nitrogens is 3. The largest absolute Gasteiger partial charge is 0.497 e. The Morgan fingerprint density at radius 3 is 2.68 bits per heavy atom. The highest BCUT2D eigenvalue weighted by molar-refractivity contribution is 14.0. The van der Waals surface area contributed by atoms with Crippen LogP contribution in [0.1, 0.15) is 44.3 Å². The minimum absolute atomic E-state index is 0. The number of fused-ring (bicyclic) bond motifs is 1. The molecule has 0 unspecified atom stereocenters. The molecule has 1 aliphatic rings. The number of nitrogens with one attached hydrogen (secondary N) is 2. The van der Waals surface area contributed by atoms with Crippen molar-refractivity contribution in [2.75, 3.05) is 33.4 Å². The minimum atomic E-state index is 0. The van der Waals surface area contributed by atoms with Crippen LogP contribution in [0.5, 0.6) is 11.5 Å². The SMILES string of the molecule is CCNC(=NCCCc1nnc2n1CCCCC2)NCCOc1ccc(OC)cc1.I. The summed E-state index contributed by atoms with van der Waals surface area (Å²) in [6, 6.07) is 7.59. The molecule has 0 saturated carbocycles. The lowest BCUT2D eigenvalue weighted by Crippen LogP contribution is -2.39. The lowest BCUT2D eigenvalue weighted by molar-refractivity contribution is 0.321. The Bertz CT molecular complexity index is 794. The van der Waals surface area contributed by atoms with E-state index in [1.165, 1.54) is 19.3 Å². The lowest BCUT2D eigenvalue weighted by Gasteiger charge is -2.12. The van der Waals surface area contributed by atoms with Crippen LogP contribution in [0.2, 0.25) is 0 Å². The first-order chi connectivity index (χ1) is 14.8. The van der Waals surface area contributed by atoms with Gasteiger partial charge in [-0.05, 0) is 50.5 Å². The number of guanidine groups is 1. The molecule has 1 aromatic carbocycles. The highest BCUT2D eigenvalue weighted by Crippen LogP contribution is 2.17. The van der Waals surface area contributed by atoms with Crippen LogP contribution in [0.15, 0.2) is 29.3 Å². The van der Waals surface area contributed by atoms with Crippen LogP contribution in [0.4, 0.5) is 0 Å². The molecule has 172 valence electrons. The van der Waals surface area contributed by atoms with Crippen molar-refractivity contribution in [3.05, 3.63) is 35.9 Å². The predicted octanol–water partition coefficient (Wildman–Crippen LogP) is 3.20. The molecular formula is C22H35IN6O2. The summed E-state index contributed by atoms with van der Waals surface area (Å²) >= 11 is 0. The van der Waals surface area contributed by atoms with Gasteiger partial charge in [-0.1, -0.05) is 6.42 Å². The van der Waals surface area contributed by atoms with Gasteiger partial charge >= 0.3 is 0 Å². The zero-order valence-electron chi connectivity index (χ0n) is 18.6. The van der Waals surface area contributed by atoms with Gasteiger partial charge in [-0.25, -0.2) is 0 Å². The molecule has 2 aromatic rings. The third kappa shape index (κ3) is 8.19. The average Bonchev–Trinajstić information content (AvgIpc) is 3.00. The van der Waals surface area contributed by atoms with Crippen molar-refractivity contribution in [1.82, 2.24) is 25.4 Å². The second-order valence-corrected chi connectivity index (χ2v) is 7.31. The molecule has 0 fully saturated rings. The van der Waals surface area contributed by atoms with E-state index in [1.54, 1.807) is 7.11 Å². The monoisotopic (exact) mass is 542 g/mol. The van der Waals surface area contributed by atoms with Gasteiger partial charge < -0.3 is 24.7 Å². The standard InChI is InChI=1S/C22H34N6O2.HI/c1-3-23-22(25-15-17-30-19-12-10-18(29-2)11-13-19)24-14-7-9-21-27-26-20-8-5-4-6-16-28(20)21;/h10-13H,3-9,14-17H2,1-2H3,(H2,23,24,25);1H. The van der Waals surface area contributed by atoms with Crippen LogP contribution in [0, 0.1) is 0 Å². The third-order valence-corrected chi connectivity index (χ3v) is 5.08. The summed E-state index contributed by atoms with van der Waals surface area (Å²) in [5, 5.41) is 15.4. The summed E-state index contributed by atoms with van der Waals surface area (Å²) in [6.07, 6.45) is 6.66. The number of aliphatic imine (C=N–C) groups is 1. The van der Waals surface area contributed by atoms with E-state index in [4.69, 9.17) is 9.47 Å². The fraction of sp³-hybridized carbons (Fsp3) is 0.591. The van der Waals surface area contributed by atoms with E-state index in [0.717, 1.165) is 68.0 Å². The Kier molecular flexibility index (Phi) is 11.5. The van der Waals surface area contributed by atoms with Gasteiger partial charge in [0.25, 0.3) is 0 Å². The van der Waals surface area contributed by atoms with Gasteiger partial charge in [-0.3, -0.25) is 4.99 Å². The Hall–Kier alpha value is -2.04. The number of rotatable bonds is 10. The number of ether oxygens (including phenoxy) is 2. The maximum Gasteiger partial charge on any atom is 0.191 e. The van der Waals surface area contributed by atoms with E-state index in [-0.39, 0.29) is 24.0 Å². The Morgan fingerprint density at radius 2 is 1.90 bits per heavy atom.